The second-order valence-corrected chi connectivity index (χ2v) is 11.3. The maximum Gasteiger partial charge on any atom is 0.257 e. The molecule has 0 radical (unpaired) electrons. The Hall–Kier alpha value is -2.26. The molecule has 1 aromatic heterocycles. The first-order chi connectivity index (χ1) is 15.3. The Morgan fingerprint density at radius 3 is 2.56 bits per heavy atom. The molecule has 0 aliphatic carbocycles. The molecule has 168 valence electrons. The molecule has 1 aliphatic rings. The molecule has 0 unspecified atom stereocenters. The van der Waals surface area contributed by atoms with E-state index >= 15 is 0 Å². The molecule has 2 heterocycles. The van der Waals surface area contributed by atoms with Crippen molar-refractivity contribution >= 4 is 44.0 Å². The molecule has 0 saturated carbocycles. The van der Waals surface area contributed by atoms with Crippen molar-refractivity contribution in [3.63, 3.8) is 0 Å². The lowest BCUT2D eigenvalue weighted by molar-refractivity contribution is 0.102. The first-order valence-electron chi connectivity index (χ1n) is 10.4. The van der Waals surface area contributed by atoms with Gasteiger partial charge >= 0.3 is 0 Å². The van der Waals surface area contributed by atoms with Gasteiger partial charge in [0.1, 0.15) is 0 Å². The summed E-state index contributed by atoms with van der Waals surface area (Å²) < 4.78 is 27.5. The number of piperidine rings is 1. The van der Waals surface area contributed by atoms with Crippen molar-refractivity contribution in [3.8, 4) is 0 Å². The Kier molecular flexibility index (Phi) is 6.95. The molecule has 2 aromatic carbocycles. The van der Waals surface area contributed by atoms with Crippen molar-refractivity contribution in [2.75, 3.05) is 18.4 Å². The summed E-state index contributed by atoms with van der Waals surface area (Å²) in [6, 6.07) is 12.3. The SMILES string of the molecule is Cc1ccc(S(=O)(=O)N2CCCCC2)cc1C(=O)Nc1ncc(Cc2ccc(Cl)cc2)s1. The van der Waals surface area contributed by atoms with Crippen LogP contribution >= 0.6 is 22.9 Å². The smallest absolute Gasteiger partial charge is 0.257 e. The van der Waals surface area contributed by atoms with E-state index < -0.39 is 10.0 Å². The molecule has 0 bridgehead atoms. The van der Waals surface area contributed by atoms with E-state index in [9.17, 15) is 13.2 Å². The number of aromatic nitrogens is 1. The van der Waals surface area contributed by atoms with Crippen LogP contribution in [-0.2, 0) is 16.4 Å². The summed E-state index contributed by atoms with van der Waals surface area (Å²) in [5.41, 5.74) is 2.14. The van der Waals surface area contributed by atoms with Crippen molar-refractivity contribution in [1.82, 2.24) is 9.29 Å². The number of nitrogens with one attached hydrogen (secondary N) is 1. The van der Waals surface area contributed by atoms with E-state index in [2.05, 4.69) is 10.3 Å². The molecule has 1 fully saturated rings. The van der Waals surface area contributed by atoms with Gasteiger partial charge in [-0.05, 0) is 55.2 Å². The Morgan fingerprint density at radius 2 is 1.84 bits per heavy atom. The van der Waals surface area contributed by atoms with Crippen LogP contribution in [0.5, 0.6) is 0 Å². The van der Waals surface area contributed by atoms with Gasteiger partial charge in [0.05, 0.1) is 4.90 Å². The van der Waals surface area contributed by atoms with Crippen molar-refractivity contribution in [3.05, 3.63) is 75.3 Å². The fraction of sp³-hybridized carbons (Fsp3) is 0.304. The van der Waals surface area contributed by atoms with Crippen LogP contribution in [0.1, 0.15) is 45.6 Å². The minimum Gasteiger partial charge on any atom is -0.298 e. The van der Waals surface area contributed by atoms with Gasteiger partial charge in [0.15, 0.2) is 5.13 Å². The summed E-state index contributed by atoms with van der Waals surface area (Å²) in [6.07, 6.45) is 5.19. The number of carbonyl (C=O) groups excluding carboxylic acids is 1. The molecule has 0 atom stereocenters. The van der Waals surface area contributed by atoms with Crippen LogP contribution in [0.3, 0.4) is 0 Å². The van der Waals surface area contributed by atoms with E-state index in [0.717, 1.165) is 29.7 Å². The van der Waals surface area contributed by atoms with Gasteiger partial charge < -0.3 is 0 Å². The predicted octanol–water partition coefficient (Wildman–Crippen LogP) is 5.12. The highest BCUT2D eigenvalue weighted by Gasteiger charge is 2.27. The monoisotopic (exact) mass is 489 g/mol. The third-order valence-electron chi connectivity index (χ3n) is 5.47. The molecule has 9 heteroatoms. The highest BCUT2D eigenvalue weighted by atomic mass is 35.5. The van der Waals surface area contributed by atoms with Crippen molar-refractivity contribution in [2.45, 2.75) is 37.5 Å². The molecule has 6 nitrogen and oxygen atoms in total. The summed E-state index contributed by atoms with van der Waals surface area (Å²) in [5, 5.41) is 3.97. The number of thiazole rings is 1. The lowest BCUT2D eigenvalue weighted by Gasteiger charge is -2.26. The number of nitrogens with zero attached hydrogens (tertiary/aromatic N) is 2. The second-order valence-electron chi connectivity index (χ2n) is 7.83. The number of hydrogen-bond donors (Lipinski definition) is 1. The number of rotatable bonds is 6. The summed E-state index contributed by atoms with van der Waals surface area (Å²) >= 11 is 7.32. The fourth-order valence-corrected chi connectivity index (χ4v) is 6.19. The van der Waals surface area contributed by atoms with Crippen molar-refractivity contribution in [1.29, 1.82) is 0 Å². The zero-order valence-corrected chi connectivity index (χ0v) is 20.1. The van der Waals surface area contributed by atoms with E-state index in [1.165, 1.54) is 21.7 Å². The largest absolute Gasteiger partial charge is 0.298 e. The van der Waals surface area contributed by atoms with Gasteiger partial charge in [-0.25, -0.2) is 13.4 Å². The van der Waals surface area contributed by atoms with Crippen LogP contribution in [0.2, 0.25) is 5.02 Å². The number of carbonyl (C=O) groups is 1. The number of hydrogen-bond acceptors (Lipinski definition) is 5. The van der Waals surface area contributed by atoms with Gasteiger partial charge in [-0.15, -0.1) is 11.3 Å². The summed E-state index contributed by atoms with van der Waals surface area (Å²) in [4.78, 5) is 18.4. The van der Waals surface area contributed by atoms with E-state index in [-0.39, 0.29) is 10.8 Å². The van der Waals surface area contributed by atoms with Crippen molar-refractivity contribution in [2.24, 2.45) is 0 Å². The first kappa shape index (κ1) is 22.9. The van der Waals surface area contributed by atoms with Gasteiger partial charge in [0, 0.05) is 41.2 Å². The number of benzene rings is 2. The van der Waals surface area contributed by atoms with Crippen LogP contribution in [0.4, 0.5) is 5.13 Å². The van der Waals surface area contributed by atoms with E-state index in [1.54, 1.807) is 25.3 Å². The van der Waals surface area contributed by atoms with Crippen LogP contribution in [0, 0.1) is 6.92 Å². The number of aryl methyl sites for hydroxylation is 1. The lowest BCUT2D eigenvalue weighted by Crippen LogP contribution is -2.35. The third-order valence-corrected chi connectivity index (χ3v) is 8.53. The average Bonchev–Trinajstić information content (AvgIpc) is 3.22. The Bertz CT molecular complexity index is 1220. The minimum atomic E-state index is -3.61. The maximum absolute atomic E-state index is 13.0. The Balaban J connectivity index is 1.49. The van der Waals surface area contributed by atoms with Gasteiger partial charge in [-0.2, -0.15) is 4.31 Å². The molecule has 1 N–H and O–H groups in total. The molecule has 32 heavy (non-hydrogen) atoms. The molecule has 0 spiro atoms. The standard InChI is InChI=1S/C23H24ClN3O3S2/c1-16-5-10-20(32(29,30)27-11-3-2-4-12-27)14-21(16)22(28)26-23-25-15-19(31-23)13-17-6-8-18(24)9-7-17/h5-10,14-15H,2-4,11-13H2,1H3,(H,25,26,28). The van der Waals surface area contributed by atoms with E-state index in [1.807, 2.05) is 24.3 Å². The predicted molar refractivity (Wildman–Crippen MR) is 128 cm³/mol. The van der Waals surface area contributed by atoms with Crippen molar-refractivity contribution < 1.29 is 13.2 Å². The highest BCUT2D eigenvalue weighted by molar-refractivity contribution is 7.89. The van der Waals surface area contributed by atoms with Gasteiger partial charge in [-0.3, -0.25) is 10.1 Å². The molecular formula is C23H24ClN3O3S2. The number of halogens is 1. The van der Waals surface area contributed by atoms with Crippen LogP contribution < -0.4 is 5.32 Å². The Labute approximate surface area is 197 Å². The average molecular weight is 490 g/mol. The molecule has 1 amide bonds. The zero-order chi connectivity index (χ0) is 22.7. The summed E-state index contributed by atoms with van der Waals surface area (Å²) in [5.74, 6) is -0.370. The second kappa shape index (κ2) is 9.70. The normalized spacial score (nSPS) is 14.9. The van der Waals surface area contributed by atoms with E-state index in [4.69, 9.17) is 11.6 Å². The Morgan fingerprint density at radius 1 is 1.12 bits per heavy atom. The maximum atomic E-state index is 13.0. The molecular weight excluding hydrogens is 466 g/mol. The van der Waals surface area contributed by atoms with E-state index in [0.29, 0.717) is 40.8 Å². The number of anilines is 1. The zero-order valence-electron chi connectivity index (χ0n) is 17.7. The molecule has 3 aromatic rings. The quantitative estimate of drug-likeness (QED) is 0.521. The van der Waals surface area contributed by atoms with Crippen LogP contribution in [0.15, 0.2) is 53.6 Å². The number of amides is 1. The van der Waals surface area contributed by atoms with Gasteiger partial charge in [-0.1, -0.05) is 36.2 Å². The van der Waals surface area contributed by atoms with Gasteiger partial charge in [0.25, 0.3) is 5.91 Å². The van der Waals surface area contributed by atoms with Crippen LogP contribution in [-0.4, -0.2) is 36.7 Å². The molecule has 1 saturated heterocycles. The minimum absolute atomic E-state index is 0.151. The first-order valence-corrected chi connectivity index (χ1v) is 13.1. The summed E-state index contributed by atoms with van der Waals surface area (Å²) in [6.45, 7) is 2.83. The molecule has 1 aliphatic heterocycles. The highest BCUT2D eigenvalue weighted by Crippen LogP contribution is 2.25. The molecule has 4 rings (SSSR count). The van der Waals surface area contributed by atoms with Crippen LogP contribution in [0.25, 0.3) is 0 Å². The fourth-order valence-electron chi connectivity index (χ4n) is 3.68. The third kappa shape index (κ3) is 5.20. The topological polar surface area (TPSA) is 79.4 Å². The summed E-state index contributed by atoms with van der Waals surface area (Å²) in [7, 11) is -3.61. The van der Waals surface area contributed by atoms with Gasteiger partial charge in [0.2, 0.25) is 10.0 Å². The number of sulfonamides is 1. The lowest BCUT2D eigenvalue weighted by atomic mass is 10.1.